The molecule has 1 heterocycles. The number of aryl methyl sites for hydroxylation is 1. The van der Waals surface area contributed by atoms with E-state index in [0.29, 0.717) is 6.54 Å². The Morgan fingerprint density at radius 2 is 1.80 bits per heavy atom. The van der Waals surface area contributed by atoms with Gasteiger partial charge in [0.2, 0.25) is 0 Å². The second kappa shape index (κ2) is 6.31. The van der Waals surface area contributed by atoms with Crippen molar-refractivity contribution >= 4 is 10.9 Å². The standard InChI is InChI=1S/C20H18F3NO/c1-13(2)12-24-18-10-9-16(25-20(21,22)23)11-17(18)14(3)19(24)15-7-5-4-6-8-15/h4-11H,1,12H2,2-3H3. The Balaban J connectivity index is 2.23. The van der Waals surface area contributed by atoms with Gasteiger partial charge in [-0.25, -0.2) is 0 Å². The molecule has 25 heavy (non-hydrogen) atoms. The first-order chi connectivity index (χ1) is 11.8. The van der Waals surface area contributed by atoms with E-state index in [-0.39, 0.29) is 5.75 Å². The number of alkyl halides is 3. The van der Waals surface area contributed by atoms with Gasteiger partial charge in [-0.2, -0.15) is 0 Å². The van der Waals surface area contributed by atoms with Crippen LogP contribution < -0.4 is 4.74 Å². The van der Waals surface area contributed by atoms with Gasteiger partial charge in [-0.3, -0.25) is 0 Å². The van der Waals surface area contributed by atoms with E-state index in [2.05, 4.69) is 15.9 Å². The number of rotatable bonds is 4. The maximum Gasteiger partial charge on any atom is 0.573 e. The predicted molar refractivity (Wildman–Crippen MR) is 93.6 cm³/mol. The highest BCUT2D eigenvalue weighted by atomic mass is 19.4. The van der Waals surface area contributed by atoms with Gasteiger partial charge in [0.05, 0.1) is 5.69 Å². The summed E-state index contributed by atoms with van der Waals surface area (Å²) in [5.74, 6) is -0.213. The Morgan fingerprint density at radius 3 is 2.40 bits per heavy atom. The maximum absolute atomic E-state index is 12.5. The highest BCUT2D eigenvalue weighted by molar-refractivity contribution is 5.92. The molecule has 2 aromatic carbocycles. The maximum atomic E-state index is 12.5. The Hall–Kier alpha value is -2.69. The van der Waals surface area contributed by atoms with Crippen molar-refractivity contribution in [2.45, 2.75) is 26.8 Å². The van der Waals surface area contributed by atoms with Gasteiger partial charge in [0.15, 0.2) is 0 Å². The molecule has 0 radical (unpaired) electrons. The summed E-state index contributed by atoms with van der Waals surface area (Å²) in [4.78, 5) is 0. The van der Waals surface area contributed by atoms with Crippen molar-refractivity contribution < 1.29 is 17.9 Å². The monoisotopic (exact) mass is 345 g/mol. The van der Waals surface area contributed by atoms with Crippen LogP contribution in [0.2, 0.25) is 0 Å². The number of nitrogens with zero attached hydrogens (tertiary/aromatic N) is 1. The number of hydrogen-bond donors (Lipinski definition) is 0. The lowest BCUT2D eigenvalue weighted by molar-refractivity contribution is -0.274. The summed E-state index contributed by atoms with van der Waals surface area (Å²) < 4.78 is 43.7. The fourth-order valence-corrected chi connectivity index (χ4v) is 3.10. The van der Waals surface area contributed by atoms with E-state index in [1.165, 1.54) is 12.1 Å². The van der Waals surface area contributed by atoms with Gasteiger partial charge in [-0.1, -0.05) is 42.5 Å². The molecule has 0 saturated heterocycles. The van der Waals surface area contributed by atoms with Crippen molar-refractivity contribution in [1.29, 1.82) is 0 Å². The Kier molecular flexibility index (Phi) is 4.33. The minimum atomic E-state index is -4.70. The smallest absolute Gasteiger partial charge is 0.406 e. The van der Waals surface area contributed by atoms with Gasteiger partial charge in [0.1, 0.15) is 5.75 Å². The predicted octanol–water partition coefficient (Wildman–Crippen LogP) is 6.09. The van der Waals surface area contributed by atoms with E-state index in [9.17, 15) is 13.2 Å². The highest BCUT2D eigenvalue weighted by Gasteiger charge is 2.31. The lowest BCUT2D eigenvalue weighted by Gasteiger charge is -2.12. The molecule has 0 atom stereocenters. The molecule has 1 aromatic heterocycles. The third-order valence-corrected chi connectivity index (χ3v) is 4.00. The average Bonchev–Trinajstić information content (AvgIpc) is 2.78. The molecule has 0 fully saturated rings. The number of hydrogen-bond acceptors (Lipinski definition) is 1. The largest absolute Gasteiger partial charge is 0.573 e. The minimum Gasteiger partial charge on any atom is -0.406 e. The van der Waals surface area contributed by atoms with Crippen LogP contribution in [0.5, 0.6) is 5.75 Å². The van der Waals surface area contributed by atoms with Crippen LogP contribution in [-0.2, 0) is 6.54 Å². The summed E-state index contributed by atoms with van der Waals surface area (Å²) in [5, 5.41) is 0.738. The normalized spacial score (nSPS) is 11.7. The van der Waals surface area contributed by atoms with E-state index in [1.54, 1.807) is 6.07 Å². The molecule has 0 aliphatic rings. The Labute approximate surface area is 144 Å². The Morgan fingerprint density at radius 1 is 1.12 bits per heavy atom. The first kappa shape index (κ1) is 17.1. The van der Waals surface area contributed by atoms with Crippen LogP contribution in [0.3, 0.4) is 0 Å². The van der Waals surface area contributed by atoms with E-state index < -0.39 is 6.36 Å². The van der Waals surface area contributed by atoms with Crippen LogP contribution in [0, 0.1) is 6.92 Å². The zero-order valence-electron chi connectivity index (χ0n) is 14.0. The van der Waals surface area contributed by atoms with Gasteiger partial charge >= 0.3 is 6.36 Å². The molecular formula is C20H18F3NO. The lowest BCUT2D eigenvalue weighted by atomic mass is 10.1. The summed E-state index contributed by atoms with van der Waals surface area (Å²) >= 11 is 0. The first-order valence-corrected chi connectivity index (χ1v) is 7.84. The molecule has 0 spiro atoms. The van der Waals surface area contributed by atoms with E-state index in [1.807, 2.05) is 44.2 Å². The summed E-state index contributed by atoms with van der Waals surface area (Å²) in [6.45, 7) is 8.41. The SMILES string of the molecule is C=C(C)Cn1c(-c2ccccc2)c(C)c2cc(OC(F)(F)F)ccc21. The van der Waals surface area contributed by atoms with Crippen LogP contribution in [0.15, 0.2) is 60.7 Å². The van der Waals surface area contributed by atoms with Crippen molar-refractivity contribution in [2.75, 3.05) is 0 Å². The summed E-state index contributed by atoms with van der Waals surface area (Å²) in [6, 6.07) is 14.2. The molecule has 0 bridgehead atoms. The minimum absolute atomic E-state index is 0.213. The average molecular weight is 345 g/mol. The zero-order valence-corrected chi connectivity index (χ0v) is 14.0. The van der Waals surface area contributed by atoms with Crippen LogP contribution in [0.1, 0.15) is 12.5 Å². The van der Waals surface area contributed by atoms with Crippen molar-refractivity contribution in [1.82, 2.24) is 4.57 Å². The van der Waals surface area contributed by atoms with Crippen LogP contribution in [0.25, 0.3) is 22.2 Å². The molecule has 0 aliphatic heterocycles. The zero-order chi connectivity index (χ0) is 18.2. The summed E-state index contributed by atoms with van der Waals surface area (Å²) in [5.41, 5.74) is 4.71. The molecule has 0 aliphatic carbocycles. The summed E-state index contributed by atoms with van der Waals surface area (Å²) in [6.07, 6.45) is -4.70. The molecule has 0 saturated carbocycles. The third kappa shape index (κ3) is 3.55. The second-order valence-electron chi connectivity index (χ2n) is 6.11. The molecule has 0 unspecified atom stereocenters. The Bertz CT molecular complexity index is 924. The number of benzene rings is 2. The molecule has 0 N–H and O–H groups in total. The second-order valence-corrected chi connectivity index (χ2v) is 6.11. The third-order valence-electron chi connectivity index (χ3n) is 4.00. The van der Waals surface area contributed by atoms with Gasteiger partial charge in [0.25, 0.3) is 0 Å². The summed E-state index contributed by atoms with van der Waals surface area (Å²) in [7, 11) is 0. The van der Waals surface area contributed by atoms with Crippen LogP contribution in [0.4, 0.5) is 13.2 Å². The molecule has 2 nitrogen and oxygen atoms in total. The number of allylic oxidation sites excluding steroid dienone is 1. The number of fused-ring (bicyclic) bond motifs is 1. The molecule has 3 aromatic rings. The fourth-order valence-electron chi connectivity index (χ4n) is 3.10. The van der Waals surface area contributed by atoms with E-state index >= 15 is 0 Å². The first-order valence-electron chi connectivity index (χ1n) is 7.84. The lowest BCUT2D eigenvalue weighted by Crippen LogP contribution is -2.17. The molecule has 3 rings (SSSR count). The van der Waals surface area contributed by atoms with Gasteiger partial charge in [-0.05, 0) is 43.2 Å². The number of ether oxygens (including phenoxy) is 1. The van der Waals surface area contributed by atoms with Gasteiger partial charge < -0.3 is 9.30 Å². The van der Waals surface area contributed by atoms with Gasteiger partial charge in [0, 0.05) is 17.4 Å². The fraction of sp³-hybridized carbons (Fsp3) is 0.200. The van der Waals surface area contributed by atoms with Crippen molar-refractivity contribution in [3.8, 4) is 17.0 Å². The molecule has 5 heteroatoms. The topological polar surface area (TPSA) is 14.2 Å². The van der Waals surface area contributed by atoms with Gasteiger partial charge in [-0.15, -0.1) is 13.2 Å². The molecule has 0 amide bonds. The van der Waals surface area contributed by atoms with Crippen LogP contribution in [-0.4, -0.2) is 10.9 Å². The van der Waals surface area contributed by atoms with E-state index in [4.69, 9.17) is 0 Å². The van der Waals surface area contributed by atoms with Crippen molar-refractivity contribution in [3.63, 3.8) is 0 Å². The highest BCUT2D eigenvalue weighted by Crippen LogP contribution is 2.36. The number of aromatic nitrogens is 1. The van der Waals surface area contributed by atoms with E-state index in [0.717, 1.165) is 33.3 Å². The van der Waals surface area contributed by atoms with Crippen LogP contribution >= 0.6 is 0 Å². The van der Waals surface area contributed by atoms with Crippen molar-refractivity contribution in [2.24, 2.45) is 0 Å². The van der Waals surface area contributed by atoms with Crippen molar-refractivity contribution in [3.05, 3.63) is 66.2 Å². The molecule has 130 valence electrons. The molecular weight excluding hydrogens is 327 g/mol. The number of halogens is 3. The quantitative estimate of drug-likeness (QED) is 0.522.